The zero-order valence-electron chi connectivity index (χ0n) is 15.4. The van der Waals surface area contributed by atoms with Crippen LogP contribution in [0, 0.1) is 6.92 Å². The average Bonchev–Trinajstić information content (AvgIpc) is 3.30. The summed E-state index contributed by atoms with van der Waals surface area (Å²) in [5, 5.41) is 19.3. The summed E-state index contributed by atoms with van der Waals surface area (Å²) >= 11 is 4.81. The number of halogens is 1. The van der Waals surface area contributed by atoms with Crippen molar-refractivity contribution < 1.29 is 4.79 Å². The van der Waals surface area contributed by atoms with E-state index < -0.39 is 0 Å². The molecule has 11 heteroatoms. The molecule has 0 aliphatic carbocycles. The van der Waals surface area contributed by atoms with Crippen molar-refractivity contribution in [1.82, 2.24) is 35.0 Å². The van der Waals surface area contributed by atoms with Crippen molar-refractivity contribution in [3.05, 3.63) is 64.5 Å². The molecule has 146 valence electrons. The van der Waals surface area contributed by atoms with Gasteiger partial charge >= 0.3 is 0 Å². The summed E-state index contributed by atoms with van der Waals surface area (Å²) in [5.41, 5.74) is 1.80. The van der Waals surface area contributed by atoms with Gasteiger partial charge in [-0.05, 0) is 59.4 Å². The van der Waals surface area contributed by atoms with Crippen molar-refractivity contribution in [2.24, 2.45) is 7.05 Å². The summed E-state index contributed by atoms with van der Waals surface area (Å²) in [6.45, 7) is 1.83. The molecule has 1 aromatic carbocycles. The van der Waals surface area contributed by atoms with E-state index in [-0.39, 0.29) is 5.91 Å². The van der Waals surface area contributed by atoms with Crippen LogP contribution in [0.25, 0.3) is 5.82 Å². The normalized spacial score (nSPS) is 10.9. The number of nitrogens with zero attached hydrogens (tertiary/aromatic N) is 7. The lowest BCUT2D eigenvalue weighted by molar-refractivity contribution is 0.102. The maximum absolute atomic E-state index is 13.0. The smallest absolute Gasteiger partial charge is 0.259 e. The molecule has 0 fully saturated rings. The molecule has 0 aliphatic heterocycles. The Labute approximate surface area is 178 Å². The maximum Gasteiger partial charge on any atom is 0.259 e. The van der Waals surface area contributed by atoms with Gasteiger partial charge in [0, 0.05) is 22.6 Å². The lowest BCUT2D eigenvalue weighted by atomic mass is 10.2. The molecule has 3 heterocycles. The molecular weight excluding hydrogens is 456 g/mol. The number of hydrogen-bond donors (Lipinski definition) is 1. The van der Waals surface area contributed by atoms with Gasteiger partial charge in [-0.25, -0.2) is 14.3 Å². The highest BCUT2D eigenvalue weighted by atomic mass is 79.9. The first kappa shape index (κ1) is 19.3. The maximum atomic E-state index is 13.0. The molecule has 0 unspecified atom stereocenters. The van der Waals surface area contributed by atoms with Gasteiger partial charge in [0.1, 0.15) is 0 Å². The van der Waals surface area contributed by atoms with Crippen molar-refractivity contribution in [3.8, 4) is 5.82 Å². The summed E-state index contributed by atoms with van der Waals surface area (Å²) in [4.78, 5) is 18.1. The fourth-order valence-corrected chi connectivity index (χ4v) is 3.79. The third-order valence-electron chi connectivity index (χ3n) is 4.09. The second-order valence-corrected chi connectivity index (χ2v) is 7.95. The first-order valence-corrected chi connectivity index (χ1v) is 10.1. The first-order chi connectivity index (χ1) is 14.0. The highest BCUT2D eigenvalue weighted by molar-refractivity contribution is 9.10. The Bertz CT molecular complexity index is 1170. The molecule has 1 N–H and O–H groups in total. The van der Waals surface area contributed by atoms with Gasteiger partial charge in [-0.1, -0.05) is 22.0 Å². The van der Waals surface area contributed by atoms with E-state index in [1.165, 1.54) is 18.0 Å². The Balaban J connectivity index is 1.61. The number of benzene rings is 1. The minimum Gasteiger partial charge on any atom is -0.321 e. The van der Waals surface area contributed by atoms with Gasteiger partial charge in [0.25, 0.3) is 5.91 Å². The zero-order chi connectivity index (χ0) is 20.4. The SMILES string of the molecule is Cc1c(C(=O)Nc2cc(Br)ccc2Sc2nnnn2C)cnn1-c1ccccn1. The van der Waals surface area contributed by atoms with Crippen LogP contribution in [0.2, 0.25) is 0 Å². The second kappa shape index (κ2) is 8.13. The van der Waals surface area contributed by atoms with Crippen molar-refractivity contribution in [2.45, 2.75) is 17.0 Å². The van der Waals surface area contributed by atoms with Crippen molar-refractivity contribution in [1.29, 1.82) is 0 Å². The highest BCUT2D eigenvalue weighted by Crippen LogP contribution is 2.34. The monoisotopic (exact) mass is 470 g/mol. The predicted octanol–water partition coefficient (Wildman–Crippen LogP) is 3.27. The molecule has 4 rings (SSSR count). The Morgan fingerprint density at radius 1 is 1.24 bits per heavy atom. The van der Waals surface area contributed by atoms with Gasteiger partial charge in [-0.2, -0.15) is 5.10 Å². The predicted molar refractivity (Wildman–Crippen MR) is 111 cm³/mol. The molecule has 0 atom stereocenters. The molecule has 0 spiro atoms. The van der Waals surface area contributed by atoms with E-state index in [4.69, 9.17) is 0 Å². The molecule has 3 aromatic heterocycles. The fourth-order valence-electron chi connectivity index (χ4n) is 2.63. The number of aryl methyl sites for hydroxylation is 1. The largest absolute Gasteiger partial charge is 0.321 e. The molecule has 4 aromatic rings. The van der Waals surface area contributed by atoms with Gasteiger partial charge in [0.2, 0.25) is 5.16 Å². The molecule has 9 nitrogen and oxygen atoms in total. The van der Waals surface area contributed by atoms with Gasteiger partial charge in [-0.15, -0.1) is 5.10 Å². The van der Waals surface area contributed by atoms with Crippen LogP contribution in [0.15, 0.2) is 63.3 Å². The highest BCUT2D eigenvalue weighted by Gasteiger charge is 2.18. The third-order valence-corrected chi connectivity index (χ3v) is 5.69. The van der Waals surface area contributed by atoms with Crippen LogP contribution in [0.3, 0.4) is 0 Å². The van der Waals surface area contributed by atoms with Crippen LogP contribution in [0.1, 0.15) is 16.1 Å². The summed E-state index contributed by atoms with van der Waals surface area (Å²) in [5.74, 6) is 0.387. The van der Waals surface area contributed by atoms with Crippen molar-refractivity contribution in [2.75, 3.05) is 5.32 Å². The Hall–Kier alpha value is -3.05. The van der Waals surface area contributed by atoms with E-state index >= 15 is 0 Å². The summed E-state index contributed by atoms with van der Waals surface area (Å²) < 4.78 is 4.05. The fraction of sp³-hybridized carbons (Fsp3) is 0.111. The van der Waals surface area contributed by atoms with Crippen LogP contribution >= 0.6 is 27.7 Å². The Morgan fingerprint density at radius 3 is 2.83 bits per heavy atom. The number of aromatic nitrogens is 7. The van der Waals surface area contributed by atoms with Crippen molar-refractivity contribution in [3.63, 3.8) is 0 Å². The molecule has 0 saturated heterocycles. The second-order valence-electron chi connectivity index (χ2n) is 6.03. The lowest BCUT2D eigenvalue weighted by Gasteiger charge is -2.11. The summed E-state index contributed by atoms with van der Waals surface area (Å²) in [6.07, 6.45) is 3.22. The van der Waals surface area contributed by atoms with E-state index in [2.05, 4.69) is 46.9 Å². The Kier molecular flexibility index (Phi) is 5.41. The molecular formula is C18H15BrN8OS. The quantitative estimate of drug-likeness (QED) is 0.477. The topological polar surface area (TPSA) is 103 Å². The molecule has 29 heavy (non-hydrogen) atoms. The standard InChI is InChI=1S/C18H15BrN8OS/c1-11-13(10-21-27(11)16-5-3-4-8-20-16)17(28)22-14-9-12(19)6-7-15(14)29-18-23-24-25-26(18)2/h3-10H,1-2H3,(H,22,28). The van der Waals surface area contributed by atoms with Crippen molar-refractivity contribution >= 4 is 39.3 Å². The van der Waals surface area contributed by atoms with Gasteiger partial charge in [0.15, 0.2) is 5.82 Å². The van der Waals surface area contributed by atoms with E-state index in [9.17, 15) is 4.79 Å². The number of amides is 1. The van der Waals surface area contributed by atoms with E-state index in [1.807, 2.05) is 43.3 Å². The molecule has 0 aliphatic rings. The molecule has 1 amide bonds. The summed E-state index contributed by atoms with van der Waals surface area (Å²) in [6, 6.07) is 11.2. The number of nitrogens with one attached hydrogen (secondary N) is 1. The third kappa shape index (κ3) is 4.05. The first-order valence-electron chi connectivity index (χ1n) is 8.50. The van der Waals surface area contributed by atoms with Crippen LogP contribution in [-0.4, -0.2) is 40.9 Å². The number of carbonyl (C=O) groups is 1. The van der Waals surface area contributed by atoms with Gasteiger partial charge < -0.3 is 5.32 Å². The van der Waals surface area contributed by atoms with Crippen LogP contribution < -0.4 is 5.32 Å². The number of pyridine rings is 1. The minimum atomic E-state index is -0.263. The minimum absolute atomic E-state index is 0.263. The van der Waals surface area contributed by atoms with E-state index in [0.29, 0.717) is 27.9 Å². The van der Waals surface area contributed by atoms with Gasteiger partial charge in [0.05, 0.1) is 23.1 Å². The average molecular weight is 471 g/mol. The Morgan fingerprint density at radius 2 is 2.10 bits per heavy atom. The molecule has 0 bridgehead atoms. The molecule has 0 radical (unpaired) electrons. The van der Waals surface area contributed by atoms with Crippen LogP contribution in [-0.2, 0) is 7.05 Å². The number of hydrogen-bond acceptors (Lipinski definition) is 7. The van der Waals surface area contributed by atoms with Crippen LogP contribution in [0.5, 0.6) is 0 Å². The molecule has 0 saturated carbocycles. The van der Waals surface area contributed by atoms with Gasteiger partial charge in [-0.3, -0.25) is 4.79 Å². The van der Waals surface area contributed by atoms with E-state index in [0.717, 1.165) is 9.37 Å². The number of carbonyl (C=O) groups excluding carboxylic acids is 1. The number of anilines is 1. The van der Waals surface area contributed by atoms with E-state index in [1.54, 1.807) is 22.6 Å². The zero-order valence-corrected chi connectivity index (χ0v) is 17.8. The number of rotatable bonds is 5. The lowest BCUT2D eigenvalue weighted by Crippen LogP contribution is -2.14. The van der Waals surface area contributed by atoms with Crippen LogP contribution in [0.4, 0.5) is 5.69 Å². The number of tetrazole rings is 1. The summed E-state index contributed by atoms with van der Waals surface area (Å²) in [7, 11) is 1.76.